The first kappa shape index (κ1) is 35.7. The van der Waals surface area contributed by atoms with Gasteiger partial charge >= 0.3 is 11.9 Å². The summed E-state index contributed by atoms with van der Waals surface area (Å²) in [5.41, 5.74) is 5.65. The van der Waals surface area contributed by atoms with E-state index in [0.717, 1.165) is 43.0 Å². The van der Waals surface area contributed by atoms with Crippen molar-refractivity contribution in [2.75, 3.05) is 12.4 Å². The summed E-state index contributed by atoms with van der Waals surface area (Å²) in [7, 11) is 1.44. The van der Waals surface area contributed by atoms with Crippen molar-refractivity contribution >= 4 is 33.4 Å². The normalized spacial score (nSPS) is 38.4. The van der Waals surface area contributed by atoms with Gasteiger partial charge in [-0.1, -0.05) is 111 Å². The number of ether oxygens (including phenoxy) is 2. The number of fused-ring (bicyclic) bond motifs is 7. The summed E-state index contributed by atoms with van der Waals surface area (Å²) in [5, 5.41) is 0.793. The molecule has 0 aromatic heterocycles. The molecule has 5 heteroatoms. The second-order valence-corrected chi connectivity index (χ2v) is 18.5. The summed E-state index contributed by atoms with van der Waals surface area (Å²) in [6.45, 7) is 17.8. The van der Waals surface area contributed by atoms with Crippen molar-refractivity contribution in [3.8, 4) is 0 Å². The maximum absolute atomic E-state index is 14.4. The van der Waals surface area contributed by atoms with Crippen molar-refractivity contribution < 1.29 is 19.1 Å². The number of benzene rings is 2. The van der Waals surface area contributed by atoms with Crippen LogP contribution < -0.4 is 0 Å². The van der Waals surface area contributed by atoms with Gasteiger partial charge in [-0.3, -0.25) is 4.79 Å². The highest BCUT2D eigenvalue weighted by molar-refractivity contribution is 9.09. The minimum atomic E-state index is -0.424. The zero-order valence-electron chi connectivity index (χ0n) is 31.2. The van der Waals surface area contributed by atoms with Crippen LogP contribution in [0.5, 0.6) is 0 Å². The van der Waals surface area contributed by atoms with E-state index in [1.807, 2.05) is 30.3 Å². The van der Waals surface area contributed by atoms with Gasteiger partial charge in [-0.2, -0.15) is 0 Å². The number of rotatable bonds is 7. The van der Waals surface area contributed by atoms with Crippen LogP contribution in [0, 0.1) is 56.7 Å². The smallest absolute Gasteiger partial charge is 0.337 e. The predicted octanol–water partition coefficient (Wildman–Crippen LogP) is 11.2. The van der Waals surface area contributed by atoms with Crippen LogP contribution in [0.2, 0.25) is 0 Å². The Bertz CT molecular complexity index is 1680. The number of halogens is 1. The lowest BCUT2D eigenvalue weighted by Gasteiger charge is -2.72. The standard InChI is InChI=1S/C45H57BrO4/c1-29(27-46)33-19-24-45(40(48)50-28-30-11-9-8-10-12-30)26-25-43(5)35(38(33)45)17-18-37-42(4)22-20-34(31-13-15-32(16-14-31)39(47)49-7)41(2,3)36(42)21-23-44(37,43)6/h8-16,20,33,35-38H,1,17-19,21-28H2,2-7H3/t33-,35+,36-,37+,38+,42-,43+,44+,45-/m0/s1. The molecule has 4 fully saturated rings. The molecule has 0 amide bonds. The zero-order chi connectivity index (χ0) is 35.7. The molecule has 0 aliphatic heterocycles. The number of carbonyl (C=O) groups excluding carboxylic acids is 2. The highest BCUT2D eigenvalue weighted by Gasteiger charge is 2.72. The number of allylic oxidation sites excluding steroid dienone is 3. The van der Waals surface area contributed by atoms with E-state index in [9.17, 15) is 9.59 Å². The van der Waals surface area contributed by atoms with Crippen LogP contribution >= 0.6 is 15.9 Å². The van der Waals surface area contributed by atoms with Crippen molar-refractivity contribution in [1.29, 1.82) is 0 Å². The molecule has 0 N–H and O–H groups in total. The lowest BCUT2D eigenvalue weighted by Crippen LogP contribution is -2.66. The first-order chi connectivity index (χ1) is 23.8. The number of methoxy groups -OCH3 is 1. The summed E-state index contributed by atoms with van der Waals surface area (Å²) < 4.78 is 11.2. The van der Waals surface area contributed by atoms with Gasteiger partial charge in [0.05, 0.1) is 18.1 Å². The summed E-state index contributed by atoms with van der Waals surface area (Å²) >= 11 is 3.77. The van der Waals surface area contributed by atoms with E-state index in [4.69, 9.17) is 9.47 Å². The topological polar surface area (TPSA) is 52.6 Å². The summed E-state index contributed by atoms with van der Waals surface area (Å²) in [6.07, 6.45) is 12.4. The molecule has 7 rings (SSSR count). The Kier molecular flexibility index (Phi) is 9.13. The van der Waals surface area contributed by atoms with Gasteiger partial charge in [0.1, 0.15) is 6.61 Å². The first-order valence-electron chi connectivity index (χ1n) is 19.1. The molecule has 0 saturated heterocycles. The van der Waals surface area contributed by atoms with E-state index in [-0.39, 0.29) is 39.5 Å². The fourth-order valence-electron chi connectivity index (χ4n) is 13.4. The van der Waals surface area contributed by atoms with Crippen LogP contribution in [0.25, 0.3) is 5.57 Å². The molecule has 0 radical (unpaired) electrons. The third-order valence-electron chi connectivity index (χ3n) is 15.9. The second-order valence-electron chi connectivity index (χ2n) is 18.0. The molecular formula is C45H57BrO4. The molecule has 2 aromatic rings. The molecule has 5 aliphatic carbocycles. The molecule has 4 nitrogen and oxygen atoms in total. The van der Waals surface area contributed by atoms with Gasteiger partial charge in [-0.05, 0) is 138 Å². The molecule has 0 unspecified atom stereocenters. The monoisotopic (exact) mass is 740 g/mol. The van der Waals surface area contributed by atoms with Crippen LogP contribution in [-0.4, -0.2) is 24.4 Å². The van der Waals surface area contributed by atoms with Crippen molar-refractivity contribution in [3.05, 3.63) is 89.5 Å². The van der Waals surface area contributed by atoms with Crippen LogP contribution in [0.3, 0.4) is 0 Å². The van der Waals surface area contributed by atoms with Gasteiger partial charge in [-0.25, -0.2) is 4.79 Å². The number of hydrogen-bond donors (Lipinski definition) is 0. The average molecular weight is 742 g/mol. The van der Waals surface area contributed by atoms with Gasteiger partial charge in [0.25, 0.3) is 0 Å². The molecule has 268 valence electrons. The van der Waals surface area contributed by atoms with E-state index in [1.54, 1.807) is 0 Å². The summed E-state index contributed by atoms with van der Waals surface area (Å²) in [6, 6.07) is 18.2. The van der Waals surface area contributed by atoms with Crippen LogP contribution in [-0.2, 0) is 20.9 Å². The van der Waals surface area contributed by atoms with E-state index in [1.165, 1.54) is 49.5 Å². The lowest BCUT2D eigenvalue weighted by molar-refractivity contribution is -0.229. The first-order valence-corrected chi connectivity index (χ1v) is 20.2. The minimum Gasteiger partial charge on any atom is -0.465 e. The van der Waals surface area contributed by atoms with Gasteiger partial charge in [-0.15, -0.1) is 0 Å². The quantitative estimate of drug-likeness (QED) is 0.161. The number of esters is 2. The lowest BCUT2D eigenvalue weighted by atomic mass is 9.32. The van der Waals surface area contributed by atoms with Gasteiger partial charge in [0.2, 0.25) is 0 Å². The predicted molar refractivity (Wildman–Crippen MR) is 204 cm³/mol. The number of alkyl halides is 1. The molecule has 0 bridgehead atoms. The Morgan fingerprint density at radius 3 is 2.24 bits per heavy atom. The SMILES string of the molecule is C=C(CBr)[C@@H]1CC[C@]2(C(=O)OCc3ccccc3)CC[C@]3(C)[C@H](CC[C@@H]4[C@@]5(C)CC=C(c6ccc(C(=O)OC)cc6)C(C)(C)[C@@H]5CC[C@]43C)[C@@H]12. The Balaban J connectivity index is 1.20. The van der Waals surface area contributed by atoms with E-state index in [0.29, 0.717) is 35.8 Å². The molecule has 50 heavy (non-hydrogen) atoms. The zero-order valence-corrected chi connectivity index (χ0v) is 32.7. The fraction of sp³-hybridized carbons (Fsp3) is 0.600. The third-order valence-corrected chi connectivity index (χ3v) is 16.7. The van der Waals surface area contributed by atoms with Gasteiger partial charge in [0.15, 0.2) is 0 Å². The van der Waals surface area contributed by atoms with E-state index < -0.39 is 5.41 Å². The largest absolute Gasteiger partial charge is 0.465 e. The van der Waals surface area contributed by atoms with Gasteiger partial charge < -0.3 is 9.47 Å². The van der Waals surface area contributed by atoms with Crippen molar-refractivity contribution in [1.82, 2.24) is 0 Å². The number of hydrogen-bond acceptors (Lipinski definition) is 4. The van der Waals surface area contributed by atoms with Crippen LogP contribution in [0.4, 0.5) is 0 Å². The van der Waals surface area contributed by atoms with Crippen molar-refractivity contribution in [2.45, 2.75) is 99.0 Å². The third kappa shape index (κ3) is 5.17. The molecule has 4 saturated carbocycles. The van der Waals surface area contributed by atoms with Crippen molar-refractivity contribution in [2.24, 2.45) is 56.7 Å². The van der Waals surface area contributed by atoms with E-state index in [2.05, 4.69) is 87.5 Å². The fourth-order valence-corrected chi connectivity index (χ4v) is 13.8. The Morgan fingerprint density at radius 1 is 0.840 bits per heavy atom. The summed E-state index contributed by atoms with van der Waals surface area (Å²) in [5.74, 6) is 2.03. The molecule has 5 aliphatic rings. The molecule has 9 atom stereocenters. The van der Waals surface area contributed by atoms with Crippen LogP contribution in [0.15, 0.2) is 72.8 Å². The molecule has 0 spiro atoms. The average Bonchev–Trinajstić information content (AvgIpc) is 3.51. The highest BCUT2D eigenvalue weighted by atomic mass is 79.9. The number of carbonyl (C=O) groups is 2. The van der Waals surface area contributed by atoms with Crippen LogP contribution in [0.1, 0.15) is 114 Å². The minimum absolute atomic E-state index is 0.00720. The second kappa shape index (κ2) is 12.8. The highest BCUT2D eigenvalue weighted by Crippen LogP contribution is 2.78. The van der Waals surface area contributed by atoms with E-state index >= 15 is 0 Å². The maximum atomic E-state index is 14.4. The Morgan fingerprint density at radius 2 is 1.56 bits per heavy atom. The molecule has 2 aromatic carbocycles. The molecule has 0 heterocycles. The summed E-state index contributed by atoms with van der Waals surface area (Å²) in [4.78, 5) is 26.5. The molecular weight excluding hydrogens is 684 g/mol. The van der Waals surface area contributed by atoms with Gasteiger partial charge in [0, 0.05) is 5.33 Å². The Hall–Kier alpha value is -2.66. The Labute approximate surface area is 309 Å². The van der Waals surface area contributed by atoms with Crippen molar-refractivity contribution in [3.63, 3.8) is 0 Å². The maximum Gasteiger partial charge on any atom is 0.337 e.